The number of ether oxygens (including phenoxy) is 3. The monoisotopic (exact) mass is 423 g/mol. The minimum Gasteiger partial charge on any atom is -0.489 e. The lowest BCUT2D eigenvalue weighted by Crippen LogP contribution is -2.35. The first-order valence-electron chi connectivity index (χ1n) is 8.81. The first-order chi connectivity index (χ1) is 13.9. The maximum absolute atomic E-state index is 12.7. The molecule has 3 rings (SSSR count). The first kappa shape index (κ1) is 20.7. The first-order valence-corrected chi connectivity index (χ1v) is 10.3. The fraction of sp³-hybridized carbons (Fsp3) is 0.412. The van der Waals surface area contributed by atoms with Crippen LogP contribution in [-0.4, -0.2) is 55.8 Å². The molecule has 1 fully saturated rings. The normalized spacial score (nSPS) is 16.3. The molecule has 0 bridgehead atoms. The minimum absolute atomic E-state index is 0.0106. The Kier molecular flexibility index (Phi) is 6.44. The zero-order valence-corrected chi connectivity index (χ0v) is 16.7. The second-order valence-electron chi connectivity index (χ2n) is 6.15. The summed E-state index contributed by atoms with van der Waals surface area (Å²) in [5, 5.41) is 2.25. The van der Waals surface area contributed by atoms with Crippen molar-refractivity contribution in [3.05, 3.63) is 30.1 Å². The number of rotatable bonds is 7. The van der Waals surface area contributed by atoms with E-state index in [4.69, 9.17) is 14.2 Å². The van der Waals surface area contributed by atoms with Crippen molar-refractivity contribution in [2.24, 2.45) is 0 Å². The maximum atomic E-state index is 12.7. The lowest BCUT2D eigenvalue weighted by atomic mass is 10.2. The second-order valence-corrected chi connectivity index (χ2v) is 7.80. The summed E-state index contributed by atoms with van der Waals surface area (Å²) in [6.07, 6.45) is 1.71. The van der Waals surface area contributed by atoms with E-state index in [1.165, 1.54) is 25.3 Å². The molecule has 2 heterocycles. The number of aryl methyl sites for hydroxylation is 1. The number of anilines is 1. The van der Waals surface area contributed by atoms with Gasteiger partial charge in [-0.05, 0) is 31.9 Å². The standard InChI is InChI=1S/C17H21N5O6S/c1-11-18-15(21-17(19-11)26-2)20-16(23)22-29(24,25)14-8-4-3-7-13(14)28-10-12-6-5-9-27-12/h3-4,7-8,12H,5-6,9-10H2,1-2H3,(H2,18,19,20,21,22,23). The van der Waals surface area contributed by atoms with Crippen molar-refractivity contribution < 1.29 is 27.4 Å². The van der Waals surface area contributed by atoms with Crippen LogP contribution in [0.4, 0.5) is 10.7 Å². The fourth-order valence-corrected chi connectivity index (χ4v) is 3.71. The number of nitrogens with one attached hydrogen (secondary N) is 2. The van der Waals surface area contributed by atoms with Crippen LogP contribution in [0.2, 0.25) is 0 Å². The molecule has 0 aliphatic carbocycles. The number of carbonyl (C=O) groups is 1. The number of hydrogen-bond acceptors (Lipinski definition) is 9. The van der Waals surface area contributed by atoms with E-state index >= 15 is 0 Å². The van der Waals surface area contributed by atoms with Gasteiger partial charge in [0.15, 0.2) is 0 Å². The summed E-state index contributed by atoms with van der Waals surface area (Å²) in [5.74, 6) is 0.272. The predicted octanol–water partition coefficient (Wildman–Crippen LogP) is 1.26. The fourth-order valence-electron chi connectivity index (χ4n) is 2.66. The molecule has 1 saturated heterocycles. The van der Waals surface area contributed by atoms with Crippen LogP contribution in [0.3, 0.4) is 0 Å². The van der Waals surface area contributed by atoms with Crippen LogP contribution in [0.5, 0.6) is 11.8 Å². The van der Waals surface area contributed by atoms with Crippen LogP contribution in [0.1, 0.15) is 18.7 Å². The van der Waals surface area contributed by atoms with Crippen molar-refractivity contribution in [1.82, 2.24) is 19.7 Å². The van der Waals surface area contributed by atoms with Crippen molar-refractivity contribution in [2.75, 3.05) is 25.6 Å². The molecule has 0 saturated carbocycles. The zero-order valence-electron chi connectivity index (χ0n) is 15.9. The molecule has 1 aromatic heterocycles. The van der Waals surface area contributed by atoms with Gasteiger partial charge >= 0.3 is 12.0 Å². The molecule has 2 N–H and O–H groups in total. The van der Waals surface area contributed by atoms with E-state index < -0.39 is 16.1 Å². The van der Waals surface area contributed by atoms with Crippen molar-refractivity contribution in [2.45, 2.75) is 30.8 Å². The number of para-hydroxylation sites is 1. The number of amides is 2. The summed E-state index contributed by atoms with van der Waals surface area (Å²) in [6, 6.07) is 4.99. The Labute approximate surface area is 167 Å². The number of nitrogens with zero attached hydrogens (tertiary/aromatic N) is 3. The predicted molar refractivity (Wildman–Crippen MR) is 101 cm³/mol. The van der Waals surface area contributed by atoms with Gasteiger partial charge in [-0.2, -0.15) is 15.0 Å². The Bertz CT molecular complexity index is 978. The van der Waals surface area contributed by atoms with Gasteiger partial charge in [-0.1, -0.05) is 12.1 Å². The molecule has 1 aromatic carbocycles. The molecule has 11 nitrogen and oxygen atoms in total. The zero-order chi connectivity index (χ0) is 20.9. The third kappa shape index (κ3) is 5.51. The lowest BCUT2D eigenvalue weighted by molar-refractivity contribution is 0.0669. The van der Waals surface area contributed by atoms with Gasteiger partial charge in [0.05, 0.1) is 13.2 Å². The molecule has 0 spiro atoms. The van der Waals surface area contributed by atoms with Gasteiger partial charge in [0.25, 0.3) is 10.0 Å². The number of benzene rings is 1. The molecule has 1 aliphatic heterocycles. The molecule has 12 heteroatoms. The molecule has 0 radical (unpaired) electrons. The van der Waals surface area contributed by atoms with Crippen LogP contribution >= 0.6 is 0 Å². The van der Waals surface area contributed by atoms with Gasteiger partial charge in [-0.25, -0.2) is 17.9 Å². The molecular weight excluding hydrogens is 402 g/mol. The largest absolute Gasteiger partial charge is 0.489 e. The number of hydrogen-bond donors (Lipinski definition) is 2. The SMILES string of the molecule is COc1nc(C)nc(NC(=O)NS(=O)(=O)c2ccccc2OCC2CCCO2)n1. The number of aromatic nitrogens is 3. The molecule has 2 aromatic rings. The minimum atomic E-state index is -4.21. The highest BCUT2D eigenvalue weighted by Gasteiger charge is 2.24. The Hall–Kier alpha value is -2.99. The Morgan fingerprint density at radius 3 is 2.79 bits per heavy atom. The van der Waals surface area contributed by atoms with E-state index in [-0.39, 0.29) is 35.3 Å². The van der Waals surface area contributed by atoms with Gasteiger partial charge in [-0.3, -0.25) is 5.32 Å². The van der Waals surface area contributed by atoms with E-state index in [2.05, 4.69) is 20.3 Å². The van der Waals surface area contributed by atoms with Crippen molar-refractivity contribution in [3.8, 4) is 11.8 Å². The summed E-state index contributed by atoms with van der Waals surface area (Å²) in [4.78, 5) is 23.6. The summed E-state index contributed by atoms with van der Waals surface area (Å²) >= 11 is 0. The van der Waals surface area contributed by atoms with Gasteiger partial charge < -0.3 is 14.2 Å². The van der Waals surface area contributed by atoms with E-state index in [1.807, 2.05) is 4.72 Å². The number of methoxy groups -OCH3 is 1. The topological polar surface area (TPSA) is 142 Å². The highest BCUT2D eigenvalue weighted by Crippen LogP contribution is 2.24. The second kappa shape index (κ2) is 9.01. The molecule has 156 valence electrons. The third-order valence-corrected chi connectivity index (χ3v) is 5.32. The number of sulfonamides is 1. The molecule has 1 unspecified atom stereocenters. The highest BCUT2D eigenvalue weighted by molar-refractivity contribution is 7.90. The summed E-state index contributed by atoms with van der Waals surface area (Å²) in [6.45, 7) is 2.46. The average molecular weight is 423 g/mol. The van der Waals surface area contributed by atoms with E-state index in [1.54, 1.807) is 13.0 Å². The van der Waals surface area contributed by atoms with Crippen LogP contribution in [-0.2, 0) is 14.8 Å². The molecule has 2 amide bonds. The van der Waals surface area contributed by atoms with Gasteiger partial charge in [0.2, 0.25) is 5.95 Å². The van der Waals surface area contributed by atoms with E-state index in [0.717, 1.165) is 12.8 Å². The van der Waals surface area contributed by atoms with E-state index in [0.29, 0.717) is 12.4 Å². The molecule has 29 heavy (non-hydrogen) atoms. The Balaban J connectivity index is 1.70. The van der Waals surface area contributed by atoms with Gasteiger partial charge in [-0.15, -0.1) is 0 Å². The highest BCUT2D eigenvalue weighted by atomic mass is 32.2. The lowest BCUT2D eigenvalue weighted by Gasteiger charge is -2.15. The van der Waals surface area contributed by atoms with E-state index in [9.17, 15) is 13.2 Å². The summed E-state index contributed by atoms with van der Waals surface area (Å²) in [5.41, 5.74) is 0. The molecule has 1 aliphatic rings. The smallest absolute Gasteiger partial charge is 0.335 e. The van der Waals surface area contributed by atoms with Gasteiger partial charge in [0.1, 0.15) is 23.1 Å². The maximum Gasteiger partial charge on any atom is 0.335 e. The number of carbonyl (C=O) groups excluding carboxylic acids is 1. The number of urea groups is 1. The third-order valence-electron chi connectivity index (χ3n) is 3.95. The molecule has 1 atom stereocenters. The molecular formula is C17H21N5O6S. The van der Waals surface area contributed by atoms with Crippen LogP contribution < -0.4 is 19.5 Å². The average Bonchev–Trinajstić information content (AvgIpc) is 3.19. The van der Waals surface area contributed by atoms with Crippen molar-refractivity contribution >= 4 is 22.0 Å². The van der Waals surface area contributed by atoms with Gasteiger partial charge in [0, 0.05) is 6.61 Å². The quantitative estimate of drug-likeness (QED) is 0.673. The summed E-state index contributed by atoms with van der Waals surface area (Å²) < 4.78 is 43.3. The van der Waals surface area contributed by atoms with Crippen molar-refractivity contribution in [1.29, 1.82) is 0 Å². The Morgan fingerprint density at radius 1 is 1.28 bits per heavy atom. The van der Waals surface area contributed by atoms with Crippen LogP contribution in [0.25, 0.3) is 0 Å². The van der Waals surface area contributed by atoms with Crippen LogP contribution in [0.15, 0.2) is 29.2 Å². The Morgan fingerprint density at radius 2 is 2.07 bits per heavy atom. The van der Waals surface area contributed by atoms with Crippen LogP contribution in [0, 0.1) is 6.92 Å². The summed E-state index contributed by atoms with van der Waals surface area (Å²) in [7, 11) is -2.85. The van der Waals surface area contributed by atoms with Crippen molar-refractivity contribution in [3.63, 3.8) is 0 Å².